The molecule has 0 saturated heterocycles. The zero-order valence-electron chi connectivity index (χ0n) is 17.1. The molecule has 0 heterocycles. The topological polar surface area (TPSA) is 237 Å². The van der Waals surface area contributed by atoms with E-state index in [0.29, 0.717) is 0 Å². The van der Waals surface area contributed by atoms with Gasteiger partial charge in [-0.05, 0) is 19.3 Å². The number of nitrogens with two attached hydrogens (primary N) is 3. The minimum absolute atomic E-state index is 0.234. The van der Waals surface area contributed by atoms with E-state index in [4.69, 9.17) is 22.3 Å². The molecule has 4 atom stereocenters. The number of carbonyl (C=O) groups excluding carboxylic acids is 5. The predicted octanol–water partition coefficient (Wildman–Crippen LogP) is -3.33. The van der Waals surface area contributed by atoms with Crippen LogP contribution in [-0.2, 0) is 28.8 Å². The van der Waals surface area contributed by atoms with Gasteiger partial charge in [-0.25, -0.2) is 4.79 Å². The summed E-state index contributed by atoms with van der Waals surface area (Å²) < 4.78 is 0. The lowest BCUT2D eigenvalue weighted by Crippen LogP contribution is -2.58. The molecular formula is C17H30N6O7. The first kappa shape index (κ1) is 26.8. The van der Waals surface area contributed by atoms with Crippen LogP contribution in [0, 0.1) is 5.92 Å². The highest BCUT2D eigenvalue weighted by atomic mass is 16.4. The van der Waals surface area contributed by atoms with Gasteiger partial charge in [0.1, 0.15) is 18.1 Å². The number of carboxylic acids is 1. The quantitative estimate of drug-likeness (QED) is 0.155. The summed E-state index contributed by atoms with van der Waals surface area (Å²) in [6.45, 7) is 4.73. The molecule has 0 aliphatic heterocycles. The third kappa shape index (κ3) is 9.82. The van der Waals surface area contributed by atoms with Crippen LogP contribution in [-0.4, -0.2) is 64.8 Å². The van der Waals surface area contributed by atoms with Crippen molar-refractivity contribution in [3.05, 3.63) is 0 Å². The first-order valence-electron chi connectivity index (χ1n) is 9.22. The van der Waals surface area contributed by atoms with Crippen LogP contribution in [0.15, 0.2) is 0 Å². The minimum atomic E-state index is -1.62. The Balaban J connectivity index is 5.47. The molecule has 0 aromatic rings. The molecule has 0 aliphatic rings. The van der Waals surface area contributed by atoms with Gasteiger partial charge in [-0.1, -0.05) is 13.8 Å². The van der Waals surface area contributed by atoms with Crippen LogP contribution in [0.1, 0.15) is 40.0 Å². The Hall–Kier alpha value is -3.22. The van der Waals surface area contributed by atoms with Crippen LogP contribution in [0.4, 0.5) is 0 Å². The molecule has 0 fully saturated rings. The molecule has 0 saturated carbocycles. The fourth-order valence-corrected chi connectivity index (χ4v) is 2.31. The fourth-order valence-electron chi connectivity index (χ4n) is 2.31. The third-order valence-corrected chi connectivity index (χ3v) is 3.99. The zero-order valence-corrected chi connectivity index (χ0v) is 17.1. The maximum Gasteiger partial charge on any atom is 0.326 e. The third-order valence-electron chi connectivity index (χ3n) is 3.99. The number of carboxylic acid groups (broad SMARTS) is 1. The molecule has 170 valence electrons. The largest absolute Gasteiger partial charge is 0.480 e. The highest BCUT2D eigenvalue weighted by Gasteiger charge is 2.31. The molecule has 0 spiro atoms. The van der Waals surface area contributed by atoms with Crippen LogP contribution < -0.4 is 33.2 Å². The molecule has 0 aromatic carbocycles. The zero-order chi connectivity index (χ0) is 23.6. The summed E-state index contributed by atoms with van der Waals surface area (Å²) in [5.41, 5.74) is 15.5. The van der Waals surface area contributed by atoms with Gasteiger partial charge >= 0.3 is 5.97 Å². The summed E-state index contributed by atoms with van der Waals surface area (Å²) in [6.07, 6.45) is -1.19. The fraction of sp³-hybridized carbons (Fsp3) is 0.647. The second-order valence-corrected chi connectivity index (χ2v) is 7.15. The van der Waals surface area contributed by atoms with Gasteiger partial charge < -0.3 is 38.3 Å². The number of hydrogen-bond acceptors (Lipinski definition) is 7. The van der Waals surface area contributed by atoms with Crippen LogP contribution in [0.25, 0.3) is 0 Å². The lowest BCUT2D eigenvalue weighted by atomic mass is 10.0. The van der Waals surface area contributed by atoms with E-state index in [1.54, 1.807) is 13.8 Å². The smallest absolute Gasteiger partial charge is 0.326 e. The van der Waals surface area contributed by atoms with Gasteiger partial charge in [0.25, 0.3) is 0 Å². The first-order valence-corrected chi connectivity index (χ1v) is 9.22. The molecule has 0 rings (SSSR count). The molecule has 0 radical (unpaired) electrons. The average Bonchev–Trinajstić information content (AvgIpc) is 2.60. The first-order chi connectivity index (χ1) is 13.8. The molecule has 13 heteroatoms. The summed E-state index contributed by atoms with van der Waals surface area (Å²) in [5.74, 6) is -5.89. The second-order valence-electron chi connectivity index (χ2n) is 7.15. The SMILES string of the molecule is CC(N)C(=O)NC(C(=O)NC(CCC(N)=O)C(=O)NC(CC(N)=O)C(=O)O)C(C)C. The highest BCUT2D eigenvalue weighted by molar-refractivity contribution is 5.95. The summed E-state index contributed by atoms with van der Waals surface area (Å²) in [7, 11) is 0. The van der Waals surface area contributed by atoms with Crippen molar-refractivity contribution in [3.63, 3.8) is 0 Å². The normalized spacial score (nSPS) is 14.7. The lowest BCUT2D eigenvalue weighted by molar-refractivity contribution is -0.144. The van der Waals surface area contributed by atoms with Gasteiger partial charge in [-0.15, -0.1) is 0 Å². The van der Waals surface area contributed by atoms with Crippen molar-refractivity contribution >= 4 is 35.5 Å². The lowest BCUT2D eigenvalue weighted by Gasteiger charge is -2.26. The van der Waals surface area contributed by atoms with Crippen molar-refractivity contribution in [2.24, 2.45) is 23.1 Å². The molecule has 30 heavy (non-hydrogen) atoms. The van der Waals surface area contributed by atoms with Crippen LogP contribution >= 0.6 is 0 Å². The van der Waals surface area contributed by atoms with Gasteiger partial charge in [0.05, 0.1) is 12.5 Å². The second kappa shape index (κ2) is 12.4. The van der Waals surface area contributed by atoms with Crippen LogP contribution in [0.2, 0.25) is 0 Å². The van der Waals surface area contributed by atoms with Gasteiger partial charge in [0, 0.05) is 6.42 Å². The molecule has 0 bridgehead atoms. The van der Waals surface area contributed by atoms with Gasteiger partial charge in [0.2, 0.25) is 29.5 Å². The Morgan fingerprint density at radius 3 is 1.73 bits per heavy atom. The maximum atomic E-state index is 12.6. The number of nitrogens with one attached hydrogen (secondary N) is 3. The number of carbonyl (C=O) groups is 6. The molecule has 5 amide bonds. The standard InChI is InChI=1S/C17H30N6O7/c1-7(2)13(23-14(26)8(3)18)16(28)21-9(4-5-11(19)24)15(27)22-10(17(29)30)6-12(20)25/h7-10,13H,4-6,18H2,1-3H3,(H2,19,24)(H2,20,25)(H,21,28)(H,22,27)(H,23,26)(H,29,30). The molecule has 10 N–H and O–H groups in total. The number of hydrogen-bond donors (Lipinski definition) is 7. The van der Waals surface area contributed by atoms with E-state index in [9.17, 15) is 28.8 Å². The van der Waals surface area contributed by atoms with Crippen molar-refractivity contribution in [1.29, 1.82) is 0 Å². The molecule has 0 aliphatic carbocycles. The van der Waals surface area contributed by atoms with E-state index < -0.39 is 66.1 Å². The number of amides is 5. The van der Waals surface area contributed by atoms with E-state index in [1.165, 1.54) is 6.92 Å². The monoisotopic (exact) mass is 430 g/mol. The van der Waals surface area contributed by atoms with Crippen molar-refractivity contribution in [3.8, 4) is 0 Å². The summed E-state index contributed by atoms with van der Waals surface area (Å²) >= 11 is 0. The van der Waals surface area contributed by atoms with Crippen molar-refractivity contribution in [1.82, 2.24) is 16.0 Å². The Morgan fingerprint density at radius 1 is 0.800 bits per heavy atom. The Labute approximate surface area is 173 Å². The summed E-state index contributed by atoms with van der Waals surface area (Å²) in [4.78, 5) is 70.3. The molecule has 4 unspecified atom stereocenters. The maximum absolute atomic E-state index is 12.6. The molecule has 0 aromatic heterocycles. The minimum Gasteiger partial charge on any atom is -0.480 e. The highest BCUT2D eigenvalue weighted by Crippen LogP contribution is 2.06. The van der Waals surface area contributed by atoms with Crippen molar-refractivity contribution in [2.75, 3.05) is 0 Å². The van der Waals surface area contributed by atoms with Gasteiger partial charge in [0.15, 0.2) is 0 Å². The van der Waals surface area contributed by atoms with E-state index >= 15 is 0 Å². The number of rotatable bonds is 13. The Bertz CT molecular complexity index is 680. The number of primary amides is 2. The number of aliphatic carboxylic acids is 1. The van der Waals surface area contributed by atoms with Crippen LogP contribution in [0.3, 0.4) is 0 Å². The molecular weight excluding hydrogens is 400 g/mol. The van der Waals surface area contributed by atoms with Gasteiger partial charge in [-0.2, -0.15) is 0 Å². The van der Waals surface area contributed by atoms with E-state index in [-0.39, 0.29) is 18.8 Å². The average molecular weight is 430 g/mol. The molecule has 13 nitrogen and oxygen atoms in total. The van der Waals surface area contributed by atoms with Crippen molar-refractivity contribution < 1.29 is 33.9 Å². The van der Waals surface area contributed by atoms with E-state index in [0.717, 1.165) is 0 Å². The van der Waals surface area contributed by atoms with E-state index in [1.807, 2.05) is 0 Å². The van der Waals surface area contributed by atoms with Crippen molar-refractivity contribution in [2.45, 2.75) is 64.2 Å². The van der Waals surface area contributed by atoms with Gasteiger partial charge in [-0.3, -0.25) is 24.0 Å². The summed E-state index contributed by atoms with van der Waals surface area (Å²) in [5, 5.41) is 16.0. The van der Waals surface area contributed by atoms with Crippen LogP contribution in [0.5, 0.6) is 0 Å². The Morgan fingerprint density at radius 2 is 1.33 bits per heavy atom. The van der Waals surface area contributed by atoms with E-state index in [2.05, 4.69) is 16.0 Å². The predicted molar refractivity (Wildman–Crippen MR) is 104 cm³/mol. The summed E-state index contributed by atoms with van der Waals surface area (Å²) in [6, 6.07) is -4.90. The Kier molecular flexibility index (Phi) is 11.0.